The first-order valence-corrected chi connectivity index (χ1v) is 4.42. The van der Waals surface area contributed by atoms with Crippen molar-refractivity contribution < 1.29 is 18.3 Å². The van der Waals surface area contributed by atoms with Crippen molar-refractivity contribution in [3.63, 3.8) is 0 Å². The average molecular weight is 190 g/mol. The molecule has 3 nitrogen and oxygen atoms in total. The fourth-order valence-corrected chi connectivity index (χ4v) is 1.29. The number of hydrogen-bond donors (Lipinski definition) is 2. The highest BCUT2D eigenvalue weighted by Crippen LogP contribution is 2.15. The predicted octanol–water partition coefficient (Wildman–Crippen LogP) is 1.25. The van der Waals surface area contributed by atoms with Crippen molar-refractivity contribution in [2.75, 3.05) is 0 Å². The van der Waals surface area contributed by atoms with Gasteiger partial charge in [-0.05, 0) is 6.07 Å². The average Bonchev–Trinajstić information content (AvgIpc) is 1.94. The van der Waals surface area contributed by atoms with Crippen LogP contribution in [0, 0.1) is 5.82 Å². The van der Waals surface area contributed by atoms with Gasteiger partial charge in [0, 0.05) is 11.6 Å². The maximum atomic E-state index is 12.8. The molecule has 0 spiro atoms. The number of benzene rings is 1. The van der Waals surface area contributed by atoms with Crippen molar-refractivity contribution in [2.24, 2.45) is 0 Å². The topological polar surface area (TPSA) is 57.5 Å². The lowest BCUT2D eigenvalue weighted by Gasteiger charge is -1.99. The number of hydrogen-bond acceptors (Lipinski definition) is 2. The van der Waals surface area contributed by atoms with Gasteiger partial charge < -0.3 is 9.66 Å². The van der Waals surface area contributed by atoms with Gasteiger partial charge in [0.1, 0.15) is 11.6 Å². The Balaban J connectivity index is 2.93. The van der Waals surface area contributed by atoms with Gasteiger partial charge in [-0.3, -0.25) is 0 Å². The van der Waals surface area contributed by atoms with Gasteiger partial charge in [-0.1, -0.05) is 6.07 Å². The summed E-state index contributed by atoms with van der Waals surface area (Å²) in [5, 5.41) is 8.79. The Kier molecular flexibility index (Phi) is 2.78. The highest BCUT2D eigenvalue weighted by molar-refractivity contribution is 7.78. The Hall–Kier alpha value is -0.940. The van der Waals surface area contributed by atoms with Gasteiger partial charge in [0.05, 0.1) is 5.75 Å². The van der Waals surface area contributed by atoms with Crippen molar-refractivity contribution in [1.29, 1.82) is 0 Å². The van der Waals surface area contributed by atoms with Gasteiger partial charge in [0.25, 0.3) is 0 Å². The molecule has 1 aromatic carbocycles. The largest absolute Gasteiger partial charge is 0.508 e. The van der Waals surface area contributed by atoms with Gasteiger partial charge in [-0.2, -0.15) is 0 Å². The summed E-state index contributed by atoms with van der Waals surface area (Å²) in [5.74, 6) is -1.12. The van der Waals surface area contributed by atoms with E-state index in [1.165, 1.54) is 12.1 Å². The van der Waals surface area contributed by atoms with E-state index in [9.17, 15) is 8.60 Å². The molecular weight excluding hydrogens is 183 g/mol. The summed E-state index contributed by atoms with van der Waals surface area (Å²) >= 11 is -2.06. The van der Waals surface area contributed by atoms with Crippen molar-refractivity contribution in [3.05, 3.63) is 29.6 Å². The zero-order chi connectivity index (χ0) is 9.14. The van der Waals surface area contributed by atoms with E-state index in [1.54, 1.807) is 0 Å². The summed E-state index contributed by atoms with van der Waals surface area (Å²) in [6.07, 6.45) is 0. The van der Waals surface area contributed by atoms with Crippen LogP contribution in [0.5, 0.6) is 5.75 Å². The Morgan fingerprint density at radius 1 is 1.50 bits per heavy atom. The third-order valence-corrected chi connectivity index (χ3v) is 1.87. The van der Waals surface area contributed by atoms with Crippen LogP contribution in [-0.2, 0) is 16.8 Å². The summed E-state index contributed by atoms with van der Waals surface area (Å²) < 4.78 is 31.5. The van der Waals surface area contributed by atoms with Gasteiger partial charge in [0.2, 0.25) is 0 Å². The zero-order valence-corrected chi connectivity index (χ0v) is 6.84. The van der Waals surface area contributed by atoms with Crippen LogP contribution in [0.25, 0.3) is 0 Å². The third kappa shape index (κ3) is 2.28. The van der Waals surface area contributed by atoms with E-state index in [4.69, 9.17) is 9.66 Å². The molecule has 0 amide bonds. The lowest BCUT2D eigenvalue weighted by atomic mass is 10.2. The molecule has 1 aromatic rings. The monoisotopic (exact) mass is 190 g/mol. The molecule has 1 rings (SSSR count). The molecule has 0 heterocycles. The first-order valence-electron chi connectivity index (χ1n) is 3.14. The molecule has 1 unspecified atom stereocenters. The molecule has 12 heavy (non-hydrogen) atoms. The van der Waals surface area contributed by atoms with E-state index in [0.717, 1.165) is 6.07 Å². The second-order valence-corrected chi connectivity index (χ2v) is 3.17. The Morgan fingerprint density at radius 3 is 2.67 bits per heavy atom. The zero-order valence-electron chi connectivity index (χ0n) is 6.03. The smallest absolute Gasteiger partial charge is 0.157 e. The molecule has 0 aliphatic carbocycles. The molecule has 0 saturated carbocycles. The lowest BCUT2D eigenvalue weighted by molar-refractivity contribution is 0.468. The second-order valence-electron chi connectivity index (χ2n) is 2.24. The number of phenols is 1. The van der Waals surface area contributed by atoms with E-state index in [1.807, 2.05) is 0 Å². The maximum absolute atomic E-state index is 12.8. The molecule has 5 heteroatoms. The van der Waals surface area contributed by atoms with E-state index >= 15 is 0 Å². The van der Waals surface area contributed by atoms with Crippen LogP contribution in [0.3, 0.4) is 0 Å². The van der Waals surface area contributed by atoms with Crippen molar-refractivity contribution in [1.82, 2.24) is 0 Å². The minimum absolute atomic E-state index is 0.119. The van der Waals surface area contributed by atoms with Gasteiger partial charge in [-0.15, -0.1) is 0 Å². The standard InChI is InChI=1S/C7H7FO3S/c8-7-3-6(9)2-1-5(7)4-12(10)11/h1-3,9H,4H2,(H,10,11). The van der Waals surface area contributed by atoms with Crippen molar-refractivity contribution >= 4 is 11.1 Å². The second kappa shape index (κ2) is 3.64. The predicted molar refractivity (Wildman–Crippen MR) is 42.5 cm³/mol. The van der Waals surface area contributed by atoms with E-state index in [-0.39, 0.29) is 17.1 Å². The number of phenolic OH excluding ortho intramolecular Hbond substituents is 1. The molecule has 0 aliphatic rings. The highest BCUT2D eigenvalue weighted by Gasteiger charge is 2.05. The minimum atomic E-state index is -2.06. The minimum Gasteiger partial charge on any atom is -0.508 e. The molecule has 0 saturated heterocycles. The number of aromatic hydroxyl groups is 1. The van der Waals surface area contributed by atoms with Crippen molar-refractivity contribution in [2.45, 2.75) is 5.75 Å². The summed E-state index contributed by atoms with van der Waals surface area (Å²) in [6, 6.07) is 3.45. The van der Waals surface area contributed by atoms with Crippen LogP contribution < -0.4 is 0 Å². The Morgan fingerprint density at radius 2 is 2.17 bits per heavy atom. The molecule has 66 valence electrons. The van der Waals surface area contributed by atoms with E-state index < -0.39 is 16.9 Å². The summed E-state index contributed by atoms with van der Waals surface area (Å²) in [6.45, 7) is 0. The van der Waals surface area contributed by atoms with Gasteiger partial charge >= 0.3 is 0 Å². The van der Waals surface area contributed by atoms with Crippen molar-refractivity contribution in [3.8, 4) is 5.75 Å². The van der Waals surface area contributed by atoms with E-state index in [2.05, 4.69) is 0 Å². The Labute approximate surface area is 71.1 Å². The molecule has 1 atom stereocenters. The molecule has 2 N–H and O–H groups in total. The first kappa shape index (κ1) is 9.15. The summed E-state index contributed by atoms with van der Waals surface area (Å²) in [7, 11) is 0. The van der Waals surface area contributed by atoms with Crippen LogP contribution in [-0.4, -0.2) is 13.9 Å². The summed E-state index contributed by atoms with van der Waals surface area (Å²) in [5.41, 5.74) is 0.119. The molecule has 0 aromatic heterocycles. The van der Waals surface area contributed by atoms with Crippen LogP contribution in [0.1, 0.15) is 5.56 Å². The quantitative estimate of drug-likeness (QED) is 0.690. The maximum Gasteiger partial charge on any atom is 0.157 e. The number of halogens is 1. The van der Waals surface area contributed by atoms with Crippen LogP contribution in [0.2, 0.25) is 0 Å². The summed E-state index contributed by atoms with van der Waals surface area (Å²) in [4.78, 5) is 0. The fraction of sp³-hybridized carbons (Fsp3) is 0.143. The molecule has 0 fully saturated rings. The normalized spacial score (nSPS) is 12.8. The SMILES string of the molecule is O=S(O)Cc1ccc(O)cc1F. The first-order chi connectivity index (χ1) is 5.59. The van der Waals surface area contributed by atoms with Gasteiger partial charge in [-0.25, -0.2) is 8.60 Å². The molecule has 0 aliphatic heterocycles. The molecule has 0 radical (unpaired) electrons. The number of rotatable bonds is 2. The fourth-order valence-electron chi connectivity index (χ4n) is 0.786. The lowest BCUT2D eigenvalue weighted by Crippen LogP contribution is -1.95. The molecule has 0 bridgehead atoms. The Bertz CT molecular complexity index is 314. The van der Waals surface area contributed by atoms with E-state index in [0.29, 0.717) is 0 Å². The highest BCUT2D eigenvalue weighted by atomic mass is 32.2. The molecular formula is C7H7FO3S. The van der Waals surface area contributed by atoms with Crippen LogP contribution >= 0.6 is 0 Å². The third-order valence-electron chi connectivity index (χ3n) is 1.32. The van der Waals surface area contributed by atoms with Crippen LogP contribution in [0.15, 0.2) is 18.2 Å². The van der Waals surface area contributed by atoms with Crippen LogP contribution in [0.4, 0.5) is 4.39 Å². The van der Waals surface area contributed by atoms with Gasteiger partial charge in [0.15, 0.2) is 11.1 Å².